The molecule has 0 unspecified atom stereocenters. The Morgan fingerprint density at radius 2 is 1.88 bits per heavy atom. The Hall–Kier alpha value is -2.12. The highest BCUT2D eigenvalue weighted by atomic mass is 32.2. The van der Waals surface area contributed by atoms with Gasteiger partial charge in [-0.15, -0.1) is 23.5 Å². The van der Waals surface area contributed by atoms with Crippen LogP contribution in [0.4, 0.5) is 11.4 Å². The lowest BCUT2D eigenvalue weighted by molar-refractivity contribution is -0.122. The number of carbonyl (C=O) groups is 2. The number of nitrogens with one attached hydrogen (secondary N) is 2. The SMILES string of the molecule is C[C@@H]1Oc2ccc(NC(=O)c3ccc(C4SCCS4)cc3)cc2NC1=O. The lowest BCUT2D eigenvalue weighted by Crippen LogP contribution is -2.34. The van der Waals surface area contributed by atoms with Gasteiger partial charge in [-0.25, -0.2) is 0 Å². The molecule has 26 heavy (non-hydrogen) atoms. The third kappa shape index (κ3) is 3.54. The fraction of sp³-hybridized carbons (Fsp3) is 0.263. The van der Waals surface area contributed by atoms with Crippen molar-refractivity contribution in [3.05, 3.63) is 53.6 Å². The molecule has 0 radical (unpaired) electrons. The van der Waals surface area contributed by atoms with E-state index in [2.05, 4.69) is 10.6 Å². The van der Waals surface area contributed by atoms with Crippen LogP contribution in [0.5, 0.6) is 5.75 Å². The van der Waals surface area contributed by atoms with E-state index in [-0.39, 0.29) is 11.8 Å². The second-order valence-corrected chi connectivity index (χ2v) is 8.83. The molecule has 0 aromatic heterocycles. The van der Waals surface area contributed by atoms with Gasteiger partial charge in [0.15, 0.2) is 6.10 Å². The van der Waals surface area contributed by atoms with Gasteiger partial charge >= 0.3 is 0 Å². The minimum atomic E-state index is -0.516. The van der Waals surface area contributed by atoms with E-state index < -0.39 is 6.10 Å². The second kappa shape index (κ2) is 7.25. The number of hydrogen-bond acceptors (Lipinski definition) is 5. The molecule has 134 valence electrons. The Bertz CT molecular complexity index is 848. The maximum Gasteiger partial charge on any atom is 0.265 e. The topological polar surface area (TPSA) is 67.4 Å². The molecular formula is C19H18N2O3S2. The van der Waals surface area contributed by atoms with Crippen molar-refractivity contribution in [1.29, 1.82) is 0 Å². The van der Waals surface area contributed by atoms with E-state index in [9.17, 15) is 9.59 Å². The van der Waals surface area contributed by atoms with Crippen LogP contribution < -0.4 is 15.4 Å². The Morgan fingerprint density at radius 3 is 2.62 bits per heavy atom. The summed E-state index contributed by atoms with van der Waals surface area (Å²) in [6.07, 6.45) is -0.516. The van der Waals surface area contributed by atoms with Gasteiger partial charge in [-0.3, -0.25) is 9.59 Å². The number of rotatable bonds is 3. The second-order valence-electron chi connectivity index (χ2n) is 6.11. The first-order valence-corrected chi connectivity index (χ1v) is 10.5. The standard InChI is InChI=1S/C19H18N2O3S2/c1-11-17(22)21-15-10-14(6-7-16(15)24-11)20-18(23)12-2-4-13(5-3-12)19-25-8-9-26-19/h2-7,10-11,19H,8-9H2,1H3,(H,20,23)(H,21,22)/t11-/m0/s1. The molecule has 2 N–H and O–H groups in total. The van der Waals surface area contributed by atoms with E-state index in [1.54, 1.807) is 25.1 Å². The molecule has 2 heterocycles. The monoisotopic (exact) mass is 386 g/mol. The van der Waals surface area contributed by atoms with Crippen LogP contribution in [0.25, 0.3) is 0 Å². The first kappa shape index (κ1) is 17.3. The molecule has 0 spiro atoms. The average Bonchev–Trinajstić information content (AvgIpc) is 3.18. The first-order chi connectivity index (χ1) is 12.6. The minimum absolute atomic E-state index is 0.181. The summed E-state index contributed by atoms with van der Waals surface area (Å²) in [4.78, 5) is 24.2. The lowest BCUT2D eigenvalue weighted by Gasteiger charge is -2.23. The number of amides is 2. The van der Waals surface area contributed by atoms with Crippen LogP contribution in [0.2, 0.25) is 0 Å². The number of anilines is 2. The van der Waals surface area contributed by atoms with Gasteiger partial charge in [-0.1, -0.05) is 12.1 Å². The van der Waals surface area contributed by atoms with Gasteiger partial charge in [0, 0.05) is 22.8 Å². The van der Waals surface area contributed by atoms with Crippen LogP contribution in [0.1, 0.15) is 27.4 Å². The van der Waals surface area contributed by atoms with Crippen LogP contribution in [0.3, 0.4) is 0 Å². The molecule has 2 aromatic carbocycles. The highest BCUT2D eigenvalue weighted by Crippen LogP contribution is 2.45. The summed E-state index contributed by atoms with van der Waals surface area (Å²) in [6.45, 7) is 1.69. The van der Waals surface area contributed by atoms with Crippen molar-refractivity contribution in [2.24, 2.45) is 0 Å². The van der Waals surface area contributed by atoms with Crippen molar-refractivity contribution in [1.82, 2.24) is 0 Å². The van der Waals surface area contributed by atoms with Crippen LogP contribution in [-0.4, -0.2) is 29.4 Å². The zero-order valence-corrected chi connectivity index (χ0v) is 15.8. The van der Waals surface area contributed by atoms with E-state index >= 15 is 0 Å². The highest BCUT2D eigenvalue weighted by Gasteiger charge is 2.24. The zero-order chi connectivity index (χ0) is 18.1. The Morgan fingerprint density at radius 1 is 1.15 bits per heavy atom. The molecule has 0 bridgehead atoms. The number of hydrogen-bond donors (Lipinski definition) is 2. The van der Waals surface area contributed by atoms with Crippen molar-refractivity contribution < 1.29 is 14.3 Å². The highest BCUT2D eigenvalue weighted by molar-refractivity contribution is 8.19. The predicted molar refractivity (Wildman–Crippen MR) is 107 cm³/mol. The van der Waals surface area contributed by atoms with Gasteiger partial charge in [0.2, 0.25) is 0 Å². The molecular weight excluding hydrogens is 368 g/mol. The van der Waals surface area contributed by atoms with E-state index in [4.69, 9.17) is 4.74 Å². The fourth-order valence-corrected chi connectivity index (χ4v) is 5.69. The number of ether oxygens (including phenoxy) is 1. The van der Waals surface area contributed by atoms with Crippen molar-refractivity contribution >= 4 is 46.7 Å². The van der Waals surface area contributed by atoms with Gasteiger partial charge in [-0.05, 0) is 42.8 Å². The number of carbonyl (C=O) groups excluding carboxylic acids is 2. The van der Waals surface area contributed by atoms with Crippen molar-refractivity contribution in [2.45, 2.75) is 17.6 Å². The zero-order valence-electron chi connectivity index (χ0n) is 14.2. The molecule has 2 aliphatic rings. The summed E-state index contributed by atoms with van der Waals surface area (Å²) in [5.74, 6) is 2.58. The van der Waals surface area contributed by atoms with Crippen LogP contribution >= 0.6 is 23.5 Å². The first-order valence-electron chi connectivity index (χ1n) is 8.36. The van der Waals surface area contributed by atoms with Gasteiger partial charge in [0.1, 0.15) is 5.75 Å². The summed E-state index contributed by atoms with van der Waals surface area (Å²) < 4.78 is 5.99. The molecule has 1 saturated heterocycles. The summed E-state index contributed by atoms with van der Waals surface area (Å²) in [5, 5.41) is 5.65. The summed E-state index contributed by atoms with van der Waals surface area (Å²) in [5.41, 5.74) is 3.03. The van der Waals surface area contributed by atoms with Gasteiger partial charge < -0.3 is 15.4 Å². The molecule has 2 aromatic rings. The third-order valence-electron chi connectivity index (χ3n) is 4.24. The third-order valence-corrected chi connectivity index (χ3v) is 7.34. The molecule has 5 nitrogen and oxygen atoms in total. The smallest absolute Gasteiger partial charge is 0.265 e. The number of thioether (sulfide) groups is 2. The van der Waals surface area contributed by atoms with Crippen molar-refractivity contribution in [3.8, 4) is 5.75 Å². The molecule has 1 fully saturated rings. The van der Waals surface area contributed by atoms with Crippen LogP contribution in [0, 0.1) is 0 Å². The fourth-order valence-electron chi connectivity index (χ4n) is 2.83. The minimum Gasteiger partial charge on any atom is -0.479 e. The molecule has 2 aliphatic heterocycles. The summed E-state index contributed by atoms with van der Waals surface area (Å²) >= 11 is 3.88. The van der Waals surface area contributed by atoms with Crippen molar-refractivity contribution in [3.63, 3.8) is 0 Å². The summed E-state index contributed by atoms with van der Waals surface area (Å²) in [7, 11) is 0. The van der Waals surface area contributed by atoms with E-state index in [0.29, 0.717) is 27.3 Å². The number of fused-ring (bicyclic) bond motifs is 1. The number of benzene rings is 2. The molecule has 0 saturated carbocycles. The maximum atomic E-state index is 12.5. The van der Waals surface area contributed by atoms with Crippen LogP contribution in [-0.2, 0) is 4.79 Å². The normalized spacial score (nSPS) is 19.4. The lowest BCUT2D eigenvalue weighted by atomic mass is 10.1. The molecule has 2 amide bonds. The largest absolute Gasteiger partial charge is 0.479 e. The van der Waals surface area contributed by atoms with E-state index in [1.807, 2.05) is 47.8 Å². The Balaban J connectivity index is 1.46. The summed E-state index contributed by atoms with van der Waals surface area (Å²) in [6, 6.07) is 13.0. The average molecular weight is 386 g/mol. The van der Waals surface area contributed by atoms with Gasteiger partial charge in [0.05, 0.1) is 10.3 Å². The van der Waals surface area contributed by atoms with Gasteiger partial charge in [-0.2, -0.15) is 0 Å². The molecule has 4 rings (SSSR count). The predicted octanol–water partition coefficient (Wildman–Crippen LogP) is 4.14. The van der Waals surface area contributed by atoms with Gasteiger partial charge in [0.25, 0.3) is 11.8 Å². The Kier molecular flexibility index (Phi) is 4.82. The van der Waals surface area contributed by atoms with Crippen molar-refractivity contribution in [2.75, 3.05) is 22.1 Å². The molecule has 0 aliphatic carbocycles. The van der Waals surface area contributed by atoms with E-state index in [0.717, 1.165) is 0 Å². The van der Waals surface area contributed by atoms with Crippen LogP contribution in [0.15, 0.2) is 42.5 Å². The quantitative estimate of drug-likeness (QED) is 0.830. The molecule has 7 heteroatoms. The Labute approximate surface area is 160 Å². The van der Waals surface area contributed by atoms with E-state index in [1.165, 1.54) is 17.1 Å². The molecule has 1 atom stereocenters. The maximum absolute atomic E-state index is 12.5.